The number of ether oxygens (including phenoxy) is 1. The molecule has 0 spiro atoms. The van der Waals surface area contributed by atoms with Gasteiger partial charge in [-0.2, -0.15) is 13.9 Å². The summed E-state index contributed by atoms with van der Waals surface area (Å²) in [6, 6.07) is 8.96. The molecule has 5 rings (SSSR count). The molecule has 0 saturated carbocycles. The molecule has 3 aromatic rings. The van der Waals surface area contributed by atoms with Gasteiger partial charge in [-0.25, -0.2) is 8.42 Å². The molecule has 146 valence electrons. The Morgan fingerprint density at radius 3 is 2.75 bits per heavy atom. The molecule has 0 N–H and O–H groups in total. The minimum atomic E-state index is -3.51. The maximum Gasteiger partial charge on any atom is 0.243 e. The third-order valence-electron chi connectivity index (χ3n) is 5.54. The number of aromatic nitrogens is 4. The Kier molecular flexibility index (Phi) is 4.09. The first-order valence-corrected chi connectivity index (χ1v) is 10.9. The Balaban J connectivity index is 1.35. The van der Waals surface area contributed by atoms with Gasteiger partial charge in [0.1, 0.15) is 5.75 Å². The first-order chi connectivity index (χ1) is 13.5. The highest BCUT2D eigenvalue weighted by Crippen LogP contribution is 2.32. The van der Waals surface area contributed by atoms with Crippen LogP contribution in [0.2, 0.25) is 0 Å². The number of rotatable bonds is 3. The first-order valence-electron chi connectivity index (χ1n) is 9.47. The molecule has 0 radical (unpaired) electrons. The van der Waals surface area contributed by atoms with Crippen molar-refractivity contribution in [2.24, 2.45) is 0 Å². The summed E-state index contributed by atoms with van der Waals surface area (Å²) in [7, 11) is -3.51. The van der Waals surface area contributed by atoms with Gasteiger partial charge in [0.05, 0.1) is 17.2 Å². The Hall–Kier alpha value is -2.52. The Bertz CT molecular complexity index is 1150. The van der Waals surface area contributed by atoms with Gasteiger partial charge in [-0.3, -0.25) is 0 Å². The Morgan fingerprint density at radius 1 is 1.11 bits per heavy atom. The molecule has 0 atom stereocenters. The van der Waals surface area contributed by atoms with Crippen molar-refractivity contribution in [3.8, 4) is 5.75 Å². The lowest BCUT2D eigenvalue weighted by molar-refractivity contribution is 0.311. The zero-order chi connectivity index (χ0) is 19.3. The average Bonchev–Trinajstić information content (AvgIpc) is 3.34. The van der Waals surface area contributed by atoms with Crippen molar-refractivity contribution < 1.29 is 13.2 Å². The lowest BCUT2D eigenvalue weighted by Crippen LogP contribution is -2.38. The van der Waals surface area contributed by atoms with Gasteiger partial charge in [0.25, 0.3) is 0 Å². The molecule has 0 unspecified atom stereocenters. The van der Waals surface area contributed by atoms with E-state index in [0.29, 0.717) is 37.4 Å². The van der Waals surface area contributed by atoms with Gasteiger partial charge in [-0.1, -0.05) is 0 Å². The molecular weight excluding hydrogens is 378 g/mol. The number of benzene rings is 1. The van der Waals surface area contributed by atoms with E-state index in [9.17, 15) is 8.42 Å². The van der Waals surface area contributed by atoms with E-state index in [-0.39, 0.29) is 5.92 Å². The lowest BCUT2D eigenvalue weighted by Gasteiger charge is -2.30. The molecular formula is C19H21N5O3S. The molecule has 8 nitrogen and oxygen atoms in total. The molecule has 9 heteroatoms. The predicted molar refractivity (Wildman–Crippen MR) is 102 cm³/mol. The zero-order valence-electron chi connectivity index (χ0n) is 15.6. The maximum absolute atomic E-state index is 13.1. The van der Waals surface area contributed by atoms with Crippen LogP contribution >= 0.6 is 0 Å². The van der Waals surface area contributed by atoms with Gasteiger partial charge in [0, 0.05) is 25.4 Å². The van der Waals surface area contributed by atoms with E-state index in [0.717, 1.165) is 34.9 Å². The Morgan fingerprint density at radius 2 is 1.93 bits per heavy atom. The third-order valence-corrected chi connectivity index (χ3v) is 7.43. The number of nitrogens with zero attached hydrogens (tertiary/aromatic N) is 5. The van der Waals surface area contributed by atoms with E-state index < -0.39 is 10.0 Å². The Labute approximate surface area is 163 Å². The molecule has 2 aliphatic rings. The van der Waals surface area contributed by atoms with Crippen LogP contribution in [0.15, 0.2) is 35.2 Å². The molecule has 0 bridgehead atoms. The quantitative estimate of drug-likeness (QED) is 0.669. The largest absolute Gasteiger partial charge is 0.493 e. The molecule has 2 aliphatic heterocycles. The van der Waals surface area contributed by atoms with E-state index in [1.807, 2.05) is 19.1 Å². The summed E-state index contributed by atoms with van der Waals surface area (Å²) < 4.78 is 35.0. The van der Waals surface area contributed by atoms with E-state index in [1.165, 1.54) is 0 Å². The smallest absolute Gasteiger partial charge is 0.243 e. The SMILES string of the molecule is Cc1ccc2nnc(C3CCN(S(=O)(=O)c4ccc5c(c4)CCO5)CC3)n2n1. The average molecular weight is 399 g/mol. The van der Waals surface area contributed by atoms with Gasteiger partial charge in [-0.15, -0.1) is 10.2 Å². The second-order valence-corrected chi connectivity index (χ2v) is 9.29. The highest BCUT2D eigenvalue weighted by atomic mass is 32.2. The molecule has 0 aliphatic carbocycles. The van der Waals surface area contributed by atoms with Gasteiger partial charge in [-0.05, 0) is 55.7 Å². The second-order valence-electron chi connectivity index (χ2n) is 7.35. The molecule has 0 amide bonds. The number of piperidine rings is 1. The van der Waals surface area contributed by atoms with Crippen molar-refractivity contribution in [1.29, 1.82) is 0 Å². The van der Waals surface area contributed by atoms with Crippen molar-refractivity contribution in [1.82, 2.24) is 24.1 Å². The van der Waals surface area contributed by atoms with E-state index in [4.69, 9.17) is 4.74 Å². The van der Waals surface area contributed by atoms with Crippen LogP contribution in [0.4, 0.5) is 0 Å². The van der Waals surface area contributed by atoms with Gasteiger partial charge in [0.15, 0.2) is 11.5 Å². The minimum absolute atomic E-state index is 0.143. The number of aryl methyl sites for hydroxylation is 1. The zero-order valence-corrected chi connectivity index (χ0v) is 16.4. The monoisotopic (exact) mass is 399 g/mol. The van der Waals surface area contributed by atoms with Gasteiger partial charge >= 0.3 is 0 Å². The summed E-state index contributed by atoms with van der Waals surface area (Å²) in [4.78, 5) is 0.348. The number of hydrogen-bond acceptors (Lipinski definition) is 6. The predicted octanol–water partition coefficient (Wildman–Crippen LogP) is 1.94. The fourth-order valence-corrected chi connectivity index (χ4v) is 5.50. The van der Waals surface area contributed by atoms with Crippen LogP contribution in [-0.2, 0) is 16.4 Å². The molecule has 4 heterocycles. The van der Waals surface area contributed by atoms with Crippen LogP contribution in [0.5, 0.6) is 5.75 Å². The summed E-state index contributed by atoms with van der Waals surface area (Å²) in [6.45, 7) is 3.47. The van der Waals surface area contributed by atoms with Crippen molar-refractivity contribution >= 4 is 15.7 Å². The van der Waals surface area contributed by atoms with Crippen LogP contribution in [0.3, 0.4) is 0 Å². The van der Waals surface area contributed by atoms with Crippen LogP contribution in [0.1, 0.15) is 35.8 Å². The summed E-state index contributed by atoms with van der Waals surface area (Å²) >= 11 is 0. The van der Waals surface area contributed by atoms with Crippen molar-refractivity contribution in [3.63, 3.8) is 0 Å². The molecule has 28 heavy (non-hydrogen) atoms. The van der Waals surface area contributed by atoms with Crippen molar-refractivity contribution in [2.75, 3.05) is 19.7 Å². The number of sulfonamides is 1. The normalized spacial score (nSPS) is 18.3. The summed E-state index contributed by atoms with van der Waals surface area (Å²) in [5.41, 5.74) is 2.58. The van der Waals surface area contributed by atoms with Crippen molar-refractivity contribution in [3.05, 3.63) is 47.4 Å². The molecule has 2 aromatic heterocycles. The van der Waals surface area contributed by atoms with Crippen LogP contribution < -0.4 is 4.74 Å². The van der Waals surface area contributed by atoms with E-state index in [2.05, 4.69) is 15.3 Å². The van der Waals surface area contributed by atoms with Gasteiger partial charge in [0.2, 0.25) is 10.0 Å². The van der Waals surface area contributed by atoms with Crippen LogP contribution in [-0.4, -0.2) is 52.2 Å². The maximum atomic E-state index is 13.1. The molecule has 1 saturated heterocycles. The summed E-state index contributed by atoms with van der Waals surface area (Å²) in [5.74, 6) is 1.74. The highest BCUT2D eigenvalue weighted by Gasteiger charge is 2.32. The van der Waals surface area contributed by atoms with Crippen LogP contribution in [0, 0.1) is 6.92 Å². The van der Waals surface area contributed by atoms with E-state index in [1.54, 1.807) is 27.0 Å². The fraction of sp³-hybridized carbons (Fsp3) is 0.421. The third kappa shape index (κ3) is 2.85. The number of hydrogen-bond donors (Lipinski definition) is 0. The van der Waals surface area contributed by atoms with E-state index >= 15 is 0 Å². The minimum Gasteiger partial charge on any atom is -0.493 e. The standard InChI is InChI=1S/C19H21N5O3S/c1-13-2-5-18-20-21-19(24(18)22-13)14-6-9-23(10-7-14)28(25,26)16-3-4-17-15(12-16)8-11-27-17/h2-5,12,14H,6-11H2,1H3. The van der Waals surface area contributed by atoms with Crippen LogP contribution in [0.25, 0.3) is 5.65 Å². The highest BCUT2D eigenvalue weighted by molar-refractivity contribution is 7.89. The van der Waals surface area contributed by atoms with Crippen molar-refractivity contribution in [2.45, 2.75) is 37.0 Å². The topological polar surface area (TPSA) is 89.7 Å². The molecule has 1 aromatic carbocycles. The van der Waals surface area contributed by atoms with Gasteiger partial charge < -0.3 is 4.74 Å². The summed E-state index contributed by atoms with van der Waals surface area (Å²) in [6.07, 6.45) is 2.15. The summed E-state index contributed by atoms with van der Waals surface area (Å²) in [5, 5.41) is 13.0. The first kappa shape index (κ1) is 17.6. The second kappa shape index (κ2) is 6.52. The number of fused-ring (bicyclic) bond motifs is 2. The lowest BCUT2D eigenvalue weighted by atomic mass is 9.97. The molecule has 1 fully saturated rings. The fourth-order valence-electron chi connectivity index (χ4n) is 3.98.